The highest BCUT2D eigenvalue weighted by atomic mass is 35.5. The number of amides is 1. The van der Waals surface area contributed by atoms with E-state index in [2.05, 4.69) is 4.98 Å². The topological polar surface area (TPSA) is 53.2 Å². The molecule has 1 aromatic heterocycles. The van der Waals surface area contributed by atoms with Crippen LogP contribution in [0.3, 0.4) is 0 Å². The predicted octanol–water partition coefficient (Wildman–Crippen LogP) is 3.07. The van der Waals surface area contributed by atoms with E-state index in [-0.39, 0.29) is 16.8 Å². The summed E-state index contributed by atoms with van der Waals surface area (Å²) >= 11 is 7.24. The molecule has 1 saturated heterocycles. The van der Waals surface area contributed by atoms with Gasteiger partial charge in [0.25, 0.3) is 5.91 Å². The number of nitrogens with one attached hydrogen (secondary N) is 1. The van der Waals surface area contributed by atoms with Gasteiger partial charge in [-0.25, -0.2) is 0 Å². The molecule has 2 aromatic rings. The van der Waals surface area contributed by atoms with Crippen LogP contribution < -0.4 is 4.87 Å². The number of H-pyrrole nitrogens is 1. The fraction of sp³-hybridized carbons (Fsp3) is 0.286. The van der Waals surface area contributed by atoms with E-state index in [9.17, 15) is 9.59 Å². The molecule has 1 aromatic carbocycles. The number of hydrogen-bond acceptors (Lipinski definition) is 3. The van der Waals surface area contributed by atoms with Crippen LogP contribution in [0.5, 0.6) is 0 Å². The Bertz CT molecular complexity index is 694. The molecule has 0 saturated carbocycles. The van der Waals surface area contributed by atoms with Gasteiger partial charge in [-0.3, -0.25) is 9.59 Å². The lowest BCUT2D eigenvalue weighted by Gasteiger charge is -2.25. The summed E-state index contributed by atoms with van der Waals surface area (Å²) in [6, 6.07) is 7.58. The first-order valence-electron chi connectivity index (χ1n) is 6.40. The molecule has 20 heavy (non-hydrogen) atoms. The molecule has 0 bridgehead atoms. The molecule has 0 radical (unpaired) electrons. The number of benzene rings is 1. The van der Waals surface area contributed by atoms with Crippen LogP contribution >= 0.6 is 22.9 Å². The van der Waals surface area contributed by atoms with Crippen molar-refractivity contribution in [3.63, 3.8) is 0 Å². The van der Waals surface area contributed by atoms with E-state index in [0.717, 1.165) is 29.7 Å². The lowest BCUT2D eigenvalue weighted by atomic mass is 10.0. The molecular weight excluding hydrogens is 296 g/mol. The summed E-state index contributed by atoms with van der Waals surface area (Å²) in [5, 5.41) is 2.25. The van der Waals surface area contributed by atoms with Crippen molar-refractivity contribution in [2.75, 3.05) is 6.54 Å². The monoisotopic (exact) mass is 308 g/mol. The van der Waals surface area contributed by atoms with Crippen molar-refractivity contribution in [1.82, 2.24) is 9.88 Å². The number of nitrogens with zero attached hydrogens (tertiary/aromatic N) is 1. The third-order valence-corrected chi connectivity index (χ3v) is 4.54. The molecule has 1 unspecified atom stereocenters. The molecule has 2 heterocycles. The first-order chi connectivity index (χ1) is 9.66. The molecule has 1 aliphatic heterocycles. The van der Waals surface area contributed by atoms with Gasteiger partial charge in [-0.1, -0.05) is 41.1 Å². The van der Waals surface area contributed by atoms with Gasteiger partial charge in [0.2, 0.25) is 0 Å². The second-order valence-electron chi connectivity index (χ2n) is 4.74. The second kappa shape index (κ2) is 5.42. The van der Waals surface area contributed by atoms with Crippen LogP contribution in [0, 0.1) is 0 Å². The summed E-state index contributed by atoms with van der Waals surface area (Å²) in [6.45, 7) is 0.687. The van der Waals surface area contributed by atoms with E-state index in [1.807, 2.05) is 24.3 Å². The average molecular weight is 309 g/mol. The number of carbonyl (C=O) groups is 1. The smallest absolute Gasteiger partial charge is 0.305 e. The zero-order chi connectivity index (χ0) is 14.1. The van der Waals surface area contributed by atoms with Gasteiger partial charge in [0.1, 0.15) is 5.69 Å². The Morgan fingerprint density at radius 1 is 1.40 bits per heavy atom. The number of halogens is 1. The molecule has 4 nitrogen and oxygen atoms in total. The van der Waals surface area contributed by atoms with Crippen LogP contribution in [0.1, 0.15) is 34.9 Å². The highest BCUT2D eigenvalue weighted by molar-refractivity contribution is 7.07. The number of aromatic nitrogens is 1. The molecule has 0 aliphatic carbocycles. The van der Waals surface area contributed by atoms with Crippen LogP contribution in [-0.2, 0) is 0 Å². The maximum Gasteiger partial charge on any atom is 0.305 e. The Balaban J connectivity index is 1.91. The Morgan fingerprint density at radius 3 is 2.90 bits per heavy atom. The van der Waals surface area contributed by atoms with Crippen molar-refractivity contribution in [3.05, 3.63) is 55.6 Å². The zero-order valence-corrected chi connectivity index (χ0v) is 12.2. The van der Waals surface area contributed by atoms with E-state index in [4.69, 9.17) is 11.6 Å². The molecular formula is C14H13ClN2O2S. The molecule has 0 spiro atoms. The van der Waals surface area contributed by atoms with Crippen molar-refractivity contribution in [3.8, 4) is 0 Å². The average Bonchev–Trinajstić information content (AvgIpc) is 3.07. The molecule has 3 rings (SSSR count). The lowest BCUT2D eigenvalue weighted by Crippen LogP contribution is -2.31. The van der Waals surface area contributed by atoms with E-state index in [0.29, 0.717) is 17.3 Å². The van der Waals surface area contributed by atoms with Gasteiger partial charge >= 0.3 is 4.87 Å². The van der Waals surface area contributed by atoms with Gasteiger partial charge in [-0.2, -0.15) is 0 Å². The first kappa shape index (κ1) is 13.4. The van der Waals surface area contributed by atoms with E-state index in [1.165, 1.54) is 0 Å². The Kier molecular flexibility index (Phi) is 3.63. The highest BCUT2D eigenvalue weighted by Gasteiger charge is 2.32. The van der Waals surface area contributed by atoms with Gasteiger partial charge in [-0.15, -0.1) is 0 Å². The van der Waals surface area contributed by atoms with E-state index < -0.39 is 0 Å². The summed E-state index contributed by atoms with van der Waals surface area (Å²) in [4.78, 5) is 27.8. The van der Waals surface area contributed by atoms with Gasteiger partial charge in [-0.05, 0) is 24.5 Å². The van der Waals surface area contributed by atoms with E-state index >= 15 is 0 Å². The SMILES string of the molecule is O=C(c1csc(=O)[nH]1)N1CCCC1c1ccccc1Cl. The predicted molar refractivity (Wildman–Crippen MR) is 79.4 cm³/mol. The minimum absolute atomic E-state index is 0.0143. The number of carbonyl (C=O) groups excluding carboxylic acids is 1. The van der Waals surface area contributed by atoms with Gasteiger partial charge in [0, 0.05) is 16.9 Å². The Hall–Kier alpha value is -1.59. The van der Waals surface area contributed by atoms with Crippen LogP contribution in [-0.4, -0.2) is 22.3 Å². The summed E-state index contributed by atoms with van der Waals surface area (Å²) < 4.78 is 0. The lowest BCUT2D eigenvalue weighted by molar-refractivity contribution is 0.0730. The molecule has 6 heteroatoms. The highest BCUT2D eigenvalue weighted by Crippen LogP contribution is 2.36. The van der Waals surface area contributed by atoms with Crippen LogP contribution in [0.2, 0.25) is 5.02 Å². The minimum atomic E-state index is -0.207. The maximum absolute atomic E-state index is 12.5. The van der Waals surface area contributed by atoms with Crippen LogP contribution in [0.15, 0.2) is 34.4 Å². The molecule has 1 amide bonds. The fourth-order valence-electron chi connectivity index (χ4n) is 2.62. The van der Waals surface area contributed by atoms with Crippen molar-refractivity contribution >= 4 is 28.8 Å². The largest absolute Gasteiger partial charge is 0.330 e. The summed E-state index contributed by atoms with van der Waals surface area (Å²) in [7, 11) is 0. The third-order valence-electron chi connectivity index (χ3n) is 3.53. The van der Waals surface area contributed by atoms with E-state index in [1.54, 1.807) is 10.3 Å². The van der Waals surface area contributed by atoms with Crippen molar-refractivity contribution < 1.29 is 4.79 Å². The van der Waals surface area contributed by atoms with Crippen molar-refractivity contribution in [2.24, 2.45) is 0 Å². The fourth-order valence-corrected chi connectivity index (χ4v) is 3.43. The van der Waals surface area contributed by atoms with Crippen LogP contribution in [0.4, 0.5) is 0 Å². The van der Waals surface area contributed by atoms with Crippen molar-refractivity contribution in [1.29, 1.82) is 0 Å². The zero-order valence-electron chi connectivity index (χ0n) is 10.6. The van der Waals surface area contributed by atoms with Crippen LogP contribution in [0.25, 0.3) is 0 Å². The number of hydrogen-bond donors (Lipinski definition) is 1. The van der Waals surface area contributed by atoms with Gasteiger partial charge in [0.05, 0.1) is 6.04 Å². The normalized spacial score (nSPS) is 18.4. The van der Waals surface area contributed by atoms with Gasteiger partial charge < -0.3 is 9.88 Å². The minimum Gasteiger partial charge on any atom is -0.330 e. The Labute approximate surface area is 125 Å². The van der Waals surface area contributed by atoms with Gasteiger partial charge in [0.15, 0.2) is 0 Å². The number of likely N-dealkylation sites (tertiary alicyclic amines) is 1. The molecule has 1 atom stereocenters. The summed E-state index contributed by atoms with van der Waals surface area (Å²) in [5.41, 5.74) is 1.33. The third kappa shape index (κ3) is 2.39. The number of thiazole rings is 1. The number of aromatic amines is 1. The quantitative estimate of drug-likeness (QED) is 0.927. The molecule has 104 valence electrons. The van der Waals surface area contributed by atoms with Crippen molar-refractivity contribution in [2.45, 2.75) is 18.9 Å². The molecule has 1 fully saturated rings. The first-order valence-corrected chi connectivity index (χ1v) is 7.66. The summed E-state index contributed by atoms with van der Waals surface area (Å²) in [5.74, 6) is -0.134. The maximum atomic E-state index is 12.5. The standard InChI is InChI=1S/C14H13ClN2O2S/c15-10-5-2-1-4-9(10)12-6-3-7-17(12)13(18)11-8-20-14(19)16-11/h1-2,4-5,8,12H,3,6-7H2,(H,16,19). The summed E-state index contributed by atoms with van der Waals surface area (Å²) in [6.07, 6.45) is 1.83. The second-order valence-corrected chi connectivity index (χ2v) is 5.99. The number of rotatable bonds is 2. The molecule has 1 N–H and O–H groups in total. The Morgan fingerprint density at radius 2 is 2.20 bits per heavy atom. The molecule has 1 aliphatic rings.